The normalized spacial score (nSPS) is 10.8. The summed E-state index contributed by atoms with van der Waals surface area (Å²) in [5, 5.41) is 5.16. The van der Waals surface area contributed by atoms with Gasteiger partial charge < -0.3 is 5.73 Å². The summed E-state index contributed by atoms with van der Waals surface area (Å²) < 4.78 is 1.93. The zero-order chi connectivity index (χ0) is 12.4. The monoisotopic (exact) mass is 249 g/mol. The fraction of sp³-hybridized carbons (Fsp3) is 0.308. The number of aryl methyl sites for hydroxylation is 1. The maximum absolute atomic E-state index is 6.11. The number of hydrogen-bond acceptors (Lipinski definition) is 2. The third-order valence-electron chi connectivity index (χ3n) is 2.88. The van der Waals surface area contributed by atoms with E-state index in [0.717, 1.165) is 28.5 Å². The van der Waals surface area contributed by atoms with Crippen molar-refractivity contribution in [2.45, 2.75) is 26.9 Å². The molecule has 0 bridgehead atoms. The fourth-order valence-electron chi connectivity index (χ4n) is 1.78. The first-order valence-corrected chi connectivity index (χ1v) is 5.97. The van der Waals surface area contributed by atoms with Crippen molar-refractivity contribution in [1.29, 1.82) is 0 Å². The summed E-state index contributed by atoms with van der Waals surface area (Å²) in [6.45, 7) is 5.22. The predicted octanol–water partition coefficient (Wildman–Crippen LogP) is 2.66. The molecule has 2 rings (SSSR count). The molecule has 90 valence electrons. The molecular weight excluding hydrogens is 234 g/mol. The molecule has 0 aliphatic rings. The van der Waals surface area contributed by atoms with Gasteiger partial charge in [-0.25, -0.2) is 0 Å². The van der Waals surface area contributed by atoms with Gasteiger partial charge in [-0.3, -0.25) is 4.68 Å². The highest BCUT2D eigenvalue weighted by molar-refractivity contribution is 6.31. The van der Waals surface area contributed by atoms with Gasteiger partial charge >= 0.3 is 0 Å². The van der Waals surface area contributed by atoms with Gasteiger partial charge in [0, 0.05) is 6.54 Å². The first-order valence-electron chi connectivity index (χ1n) is 5.59. The summed E-state index contributed by atoms with van der Waals surface area (Å²) >= 11 is 6.11. The summed E-state index contributed by atoms with van der Waals surface area (Å²) in [5.74, 6) is 0. The van der Waals surface area contributed by atoms with E-state index in [9.17, 15) is 0 Å². The minimum Gasteiger partial charge on any atom is -0.326 e. The van der Waals surface area contributed by atoms with Crippen LogP contribution in [-0.2, 0) is 13.1 Å². The zero-order valence-corrected chi connectivity index (χ0v) is 10.8. The molecule has 3 nitrogen and oxygen atoms in total. The van der Waals surface area contributed by atoms with E-state index in [-0.39, 0.29) is 0 Å². The van der Waals surface area contributed by atoms with Gasteiger partial charge in [0.05, 0.1) is 23.0 Å². The van der Waals surface area contributed by atoms with Crippen LogP contribution in [0.15, 0.2) is 24.3 Å². The van der Waals surface area contributed by atoms with Gasteiger partial charge in [0.1, 0.15) is 0 Å². The van der Waals surface area contributed by atoms with Crippen LogP contribution in [0.1, 0.15) is 22.5 Å². The van der Waals surface area contributed by atoms with Gasteiger partial charge in [0.2, 0.25) is 0 Å². The number of nitrogens with zero attached hydrogens (tertiary/aromatic N) is 2. The average Bonchev–Trinajstić information content (AvgIpc) is 2.58. The Balaban J connectivity index is 2.22. The number of hydrogen-bond donors (Lipinski definition) is 1. The first-order chi connectivity index (χ1) is 8.11. The maximum atomic E-state index is 6.11. The van der Waals surface area contributed by atoms with Crippen molar-refractivity contribution in [3.8, 4) is 0 Å². The van der Waals surface area contributed by atoms with E-state index in [4.69, 9.17) is 17.3 Å². The van der Waals surface area contributed by atoms with Crippen molar-refractivity contribution >= 4 is 11.6 Å². The zero-order valence-electron chi connectivity index (χ0n) is 10.1. The molecule has 2 aromatic rings. The Morgan fingerprint density at radius 3 is 2.24 bits per heavy atom. The third kappa shape index (κ3) is 2.51. The standard InChI is InChI=1S/C13H16ClN3/c1-9-13(14)10(2)17(16-9)8-12-5-3-11(7-15)4-6-12/h3-6H,7-8,15H2,1-2H3. The highest BCUT2D eigenvalue weighted by Gasteiger charge is 2.08. The highest BCUT2D eigenvalue weighted by Crippen LogP contribution is 2.19. The molecule has 4 heteroatoms. The van der Waals surface area contributed by atoms with E-state index in [1.54, 1.807) is 0 Å². The van der Waals surface area contributed by atoms with Gasteiger partial charge in [-0.2, -0.15) is 5.10 Å². The predicted molar refractivity (Wildman–Crippen MR) is 70.1 cm³/mol. The number of benzene rings is 1. The van der Waals surface area contributed by atoms with Crippen molar-refractivity contribution in [3.05, 3.63) is 51.8 Å². The molecule has 0 fully saturated rings. The molecule has 2 N–H and O–H groups in total. The average molecular weight is 250 g/mol. The molecule has 1 heterocycles. The van der Waals surface area contributed by atoms with Crippen LogP contribution in [0.4, 0.5) is 0 Å². The van der Waals surface area contributed by atoms with E-state index < -0.39 is 0 Å². The van der Waals surface area contributed by atoms with Crippen LogP contribution in [0.3, 0.4) is 0 Å². The van der Waals surface area contributed by atoms with Crippen LogP contribution in [0.25, 0.3) is 0 Å². The molecule has 1 aromatic carbocycles. The summed E-state index contributed by atoms with van der Waals surface area (Å²) in [6, 6.07) is 8.24. The van der Waals surface area contributed by atoms with Crippen molar-refractivity contribution in [2.24, 2.45) is 5.73 Å². The Morgan fingerprint density at radius 2 is 1.76 bits per heavy atom. The molecule has 0 atom stereocenters. The maximum Gasteiger partial charge on any atom is 0.0844 e. The molecular formula is C13H16ClN3. The van der Waals surface area contributed by atoms with Crippen LogP contribution >= 0.6 is 11.6 Å². The minimum atomic E-state index is 0.575. The van der Waals surface area contributed by atoms with Gasteiger partial charge in [-0.05, 0) is 25.0 Å². The van der Waals surface area contributed by atoms with E-state index in [0.29, 0.717) is 6.54 Å². The Bertz CT molecular complexity index is 514. The molecule has 0 spiro atoms. The third-order valence-corrected chi connectivity index (χ3v) is 3.43. The van der Waals surface area contributed by atoms with Crippen LogP contribution < -0.4 is 5.73 Å². The number of aromatic nitrogens is 2. The lowest BCUT2D eigenvalue weighted by atomic mass is 10.1. The number of rotatable bonds is 3. The smallest absolute Gasteiger partial charge is 0.0844 e. The van der Waals surface area contributed by atoms with E-state index in [1.165, 1.54) is 5.56 Å². The second-order valence-corrected chi connectivity index (χ2v) is 4.54. The molecule has 1 aromatic heterocycles. The molecule has 0 saturated heterocycles. The number of nitrogens with two attached hydrogens (primary N) is 1. The Kier molecular flexibility index (Phi) is 3.50. The minimum absolute atomic E-state index is 0.575. The second kappa shape index (κ2) is 4.90. The lowest BCUT2D eigenvalue weighted by Crippen LogP contribution is -2.04. The van der Waals surface area contributed by atoms with Crippen molar-refractivity contribution in [3.63, 3.8) is 0 Å². The van der Waals surface area contributed by atoms with E-state index >= 15 is 0 Å². The van der Waals surface area contributed by atoms with E-state index in [2.05, 4.69) is 17.2 Å². The van der Waals surface area contributed by atoms with Crippen LogP contribution in [0, 0.1) is 13.8 Å². The van der Waals surface area contributed by atoms with Gasteiger partial charge in [-0.1, -0.05) is 35.9 Å². The largest absolute Gasteiger partial charge is 0.326 e. The topological polar surface area (TPSA) is 43.8 Å². The molecule has 0 unspecified atom stereocenters. The van der Waals surface area contributed by atoms with Gasteiger partial charge in [0.25, 0.3) is 0 Å². The van der Waals surface area contributed by atoms with Crippen LogP contribution in [0.2, 0.25) is 5.02 Å². The van der Waals surface area contributed by atoms with Crippen molar-refractivity contribution < 1.29 is 0 Å². The van der Waals surface area contributed by atoms with Crippen molar-refractivity contribution in [1.82, 2.24) is 9.78 Å². The van der Waals surface area contributed by atoms with Gasteiger partial charge in [-0.15, -0.1) is 0 Å². The molecule has 0 radical (unpaired) electrons. The second-order valence-electron chi connectivity index (χ2n) is 4.16. The molecule has 0 aliphatic carbocycles. The Labute approximate surface area is 106 Å². The van der Waals surface area contributed by atoms with Crippen molar-refractivity contribution in [2.75, 3.05) is 0 Å². The molecule has 0 amide bonds. The molecule has 17 heavy (non-hydrogen) atoms. The SMILES string of the molecule is Cc1nn(Cc2ccc(CN)cc2)c(C)c1Cl. The Hall–Kier alpha value is -1.32. The van der Waals surface area contributed by atoms with Crippen LogP contribution in [-0.4, -0.2) is 9.78 Å². The summed E-state index contributed by atoms with van der Waals surface area (Å²) in [5.41, 5.74) is 9.79. The highest BCUT2D eigenvalue weighted by atomic mass is 35.5. The van der Waals surface area contributed by atoms with E-state index in [1.807, 2.05) is 30.7 Å². The summed E-state index contributed by atoms with van der Waals surface area (Å²) in [4.78, 5) is 0. The van der Waals surface area contributed by atoms with Gasteiger partial charge in [0.15, 0.2) is 0 Å². The fourth-order valence-corrected chi connectivity index (χ4v) is 1.92. The lowest BCUT2D eigenvalue weighted by molar-refractivity contribution is 0.659. The summed E-state index contributed by atoms with van der Waals surface area (Å²) in [6.07, 6.45) is 0. The summed E-state index contributed by atoms with van der Waals surface area (Å²) in [7, 11) is 0. The lowest BCUT2D eigenvalue weighted by Gasteiger charge is -2.05. The molecule has 0 saturated carbocycles. The molecule has 0 aliphatic heterocycles. The van der Waals surface area contributed by atoms with Crippen LogP contribution in [0.5, 0.6) is 0 Å². The quantitative estimate of drug-likeness (QED) is 0.909. The first kappa shape index (κ1) is 12.1. The number of halogens is 1. The Morgan fingerprint density at radius 1 is 1.18 bits per heavy atom.